The van der Waals surface area contributed by atoms with Gasteiger partial charge in [0.2, 0.25) is 5.76 Å². The number of nitrogens with one attached hydrogen (secondary N) is 1. The molecular weight excluding hydrogens is 272 g/mol. The number of hydrogen-bond donors (Lipinski definition) is 2. The molecule has 0 aliphatic carbocycles. The topological polar surface area (TPSA) is 69.2 Å². The molecule has 4 nitrogen and oxygen atoms in total. The Hall–Kier alpha value is -1.90. The molecule has 2 N–H and O–H groups in total. The number of rotatable bonds is 7. The molecular formula is C15H16N2O2S. The van der Waals surface area contributed by atoms with Crippen molar-refractivity contribution in [2.24, 2.45) is 0 Å². The van der Waals surface area contributed by atoms with Crippen LogP contribution < -0.4 is 5.32 Å². The fourth-order valence-electron chi connectivity index (χ4n) is 1.65. The zero-order valence-electron chi connectivity index (χ0n) is 11.0. The van der Waals surface area contributed by atoms with E-state index in [1.807, 2.05) is 30.3 Å². The van der Waals surface area contributed by atoms with Gasteiger partial charge in [-0.2, -0.15) is 5.26 Å². The molecule has 0 aliphatic heterocycles. The third kappa shape index (κ3) is 4.34. The summed E-state index contributed by atoms with van der Waals surface area (Å²) in [4.78, 5) is 1.19. The maximum absolute atomic E-state index is 8.73. The minimum Gasteiger partial charge on any atom is -0.449 e. The zero-order chi connectivity index (χ0) is 14.2. The third-order valence-corrected chi connectivity index (χ3v) is 3.76. The van der Waals surface area contributed by atoms with Crippen LogP contribution >= 0.6 is 11.8 Å². The van der Waals surface area contributed by atoms with Crippen molar-refractivity contribution in [3.05, 3.63) is 47.9 Å². The molecule has 20 heavy (non-hydrogen) atoms. The molecule has 1 heterocycles. The molecule has 0 saturated carbocycles. The van der Waals surface area contributed by atoms with Crippen LogP contribution in [-0.2, 0) is 6.54 Å². The number of benzene rings is 1. The summed E-state index contributed by atoms with van der Waals surface area (Å²) in [5.74, 6) is 1.99. The molecule has 0 amide bonds. The lowest BCUT2D eigenvalue weighted by Crippen LogP contribution is -1.97. The van der Waals surface area contributed by atoms with Crippen LogP contribution in [0.1, 0.15) is 17.9 Å². The Bertz CT molecular complexity index is 572. The van der Waals surface area contributed by atoms with Gasteiger partial charge in [0.25, 0.3) is 0 Å². The van der Waals surface area contributed by atoms with Gasteiger partial charge in [-0.25, -0.2) is 0 Å². The van der Waals surface area contributed by atoms with Gasteiger partial charge in [-0.05, 0) is 42.8 Å². The summed E-state index contributed by atoms with van der Waals surface area (Å²) in [7, 11) is 0. The quantitative estimate of drug-likeness (QED) is 0.604. The van der Waals surface area contributed by atoms with E-state index in [1.165, 1.54) is 4.90 Å². The molecule has 0 saturated heterocycles. The van der Waals surface area contributed by atoms with Crippen molar-refractivity contribution >= 4 is 17.4 Å². The van der Waals surface area contributed by atoms with Gasteiger partial charge in [-0.15, -0.1) is 11.8 Å². The van der Waals surface area contributed by atoms with Crippen LogP contribution in [0.15, 0.2) is 45.7 Å². The fourth-order valence-corrected chi connectivity index (χ4v) is 2.48. The van der Waals surface area contributed by atoms with E-state index >= 15 is 0 Å². The Balaban J connectivity index is 1.83. The molecule has 2 aromatic rings. The fraction of sp³-hybridized carbons (Fsp3) is 0.267. The average Bonchev–Trinajstić information content (AvgIpc) is 2.95. The standard InChI is InChI=1S/C15H16N2O2S/c16-10-13-4-5-14(19-13)11-17-12-2-6-15(7-3-12)20-9-1-8-18/h2-7,17-18H,1,8-9,11H2. The first-order valence-corrected chi connectivity index (χ1v) is 7.37. The molecule has 0 aliphatic rings. The highest BCUT2D eigenvalue weighted by Gasteiger charge is 2.01. The van der Waals surface area contributed by atoms with E-state index in [0.717, 1.165) is 23.6 Å². The number of nitrogens with zero attached hydrogens (tertiary/aromatic N) is 1. The van der Waals surface area contributed by atoms with Crippen LogP contribution in [0.25, 0.3) is 0 Å². The summed E-state index contributed by atoms with van der Waals surface area (Å²) < 4.78 is 5.29. The average molecular weight is 288 g/mol. The van der Waals surface area contributed by atoms with Gasteiger partial charge in [0.05, 0.1) is 6.54 Å². The Labute approximate surface area is 122 Å². The summed E-state index contributed by atoms with van der Waals surface area (Å²) in [6.45, 7) is 0.791. The Kier molecular flexibility index (Phi) is 5.54. The molecule has 0 atom stereocenters. The van der Waals surface area contributed by atoms with Gasteiger partial charge in [-0.1, -0.05) is 0 Å². The van der Waals surface area contributed by atoms with Crippen molar-refractivity contribution in [2.45, 2.75) is 17.9 Å². The monoisotopic (exact) mass is 288 g/mol. The third-order valence-electron chi connectivity index (χ3n) is 2.66. The van der Waals surface area contributed by atoms with E-state index < -0.39 is 0 Å². The number of aliphatic hydroxyl groups is 1. The van der Waals surface area contributed by atoms with Crippen LogP contribution in [0.4, 0.5) is 5.69 Å². The molecule has 104 valence electrons. The van der Waals surface area contributed by atoms with Crippen LogP contribution in [0.2, 0.25) is 0 Å². The van der Waals surface area contributed by atoms with E-state index in [2.05, 4.69) is 5.32 Å². The number of anilines is 1. The number of thioether (sulfide) groups is 1. The lowest BCUT2D eigenvalue weighted by atomic mass is 10.3. The molecule has 2 rings (SSSR count). The number of nitriles is 1. The predicted octanol–water partition coefficient (Wildman–Crippen LogP) is 3.24. The molecule has 0 unspecified atom stereocenters. The summed E-state index contributed by atoms with van der Waals surface area (Å²) in [5.41, 5.74) is 1.01. The molecule has 1 aromatic carbocycles. The van der Waals surface area contributed by atoms with Gasteiger partial charge >= 0.3 is 0 Å². The van der Waals surface area contributed by atoms with Crippen molar-refractivity contribution in [1.29, 1.82) is 5.26 Å². The second-order valence-corrected chi connectivity index (χ2v) is 5.35. The van der Waals surface area contributed by atoms with E-state index in [9.17, 15) is 0 Å². The normalized spacial score (nSPS) is 10.2. The first kappa shape index (κ1) is 14.5. The molecule has 0 bridgehead atoms. The van der Waals surface area contributed by atoms with Crippen molar-refractivity contribution in [1.82, 2.24) is 0 Å². The maximum atomic E-state index is 8.73. The zero-order valence-corrected chi connectivity index (χ0v) is 11.8. The van der Waals surface area contributed by atoms with Gasteiger partial charge in [0, 0.05) is 22.9 Å². The Morgan fingerprint density at radius 2 is 2.00 bits per heavy atom. The first-order valence-electron chi connectivity index (χ1n) is 6.38. The van der Waals surface area contributed by atoms with E-state index in [4.69, 9.17) is 14.8 Å². The van der Waals surface area contributed by atoms with Gasteiger partial charge in [0.1, 0.15) is 11.8 Å². The van der Waals surface area contributed by atoms with Crippen molar-refractivity contribution in [3.63, 3.8) is 0 Å². The van der Waals surface area contributed by atoms with Crippen LogP contribution in [0.5, 0.6) is 0 Å². The minimum atomic E-state index is 0.237. The largest absolute Gasteiger partial charge is 0.449 e. The van der Waals surface area contributed by atoms with Crippen LogP contribution in [0, 0.1) is 11.3 Å². The van der Waals surface area contributed by atoms with Crippen molar-refractivity contribution < 1.29 is 9.52 Å². The highest BCUT2D eigenvalue weighted by atomic mass is 32.2. The highest BCUT2D eigenvalue weighted by Crippen LogP contribution is 2.21. The second-order valence-electron chi connectivity index (χ2n) is 4.18. The molecule has 1 aromatic heterocycles. The summed E-state index contributed by atoms with van der Waals surface area (Å²) in [5, 5.41) is 20.6. The Morgan fingerprint density at radius 3 is 2.65 bits per heavy atom. The smallest absolute Gasteiger partial charge is 0.203 e. The van der Waals surface area contributed by atoms with E-state index in [0.29, 0.717) is 12.3 Å². The highest BCUT2D eigenvalue weighted by molar-refractivity contribution is 7.99. The predicted molar refractivity (Wildman–Crippen MR) is 79.6 cm³/mol. The first-order chi connectivity index (χ1) is 9.81. The van der Waals surface area contributed by atoms with Crippen LogP contribution in [-0.4, -0.2) is 17.5 Å². The summed E-state index contributed by atoms with van der Waals surface area (Å²) in [6, 6.07) is 13.5. The second kappa shape index (κ2) is 7.63. The van der Waals surface area contributed by atoms with E-state index in [1.54, 1.807) is 23.9 Å². The molecule has 0 fully saturated rings. The lowest BCUT2D eigenvalue weighted by Gasteiger charge is -2.06. The van der Waals surface area contributed by atoms with Crippen molar-refractivity contribution in [3.8, 4) is 6.07 Å². The van der Waals surface area contributed by atoms with Gasteiger partial charge in [0.15, 0.2) is 0 Å². The summed E-state index contributed by atoms with van der Waals surface area (Å²) in [6.07, 6.45) is 0.810. The number of aliphatic hydroxyl groups excluding tert-OH is 1. The lowest BCUT2D eigenvalue weighted by molar-refractivity contribution is 0.296. The van der Waals surface area contributed by atoms with E-state index in [-0.39, 0.29) is 6.61 Å². The number of furan rings is 1. The minimum absolute atomic E-state index is 0.237. The number of hydrogen-bond acceptors (Lipinski definition) is 5. The molecule has 0 radical (unpaired) electrons. The maximum Gasteiger partial charge on any atom is 0.203 e. The SMILES string of the molecule is N#Cc1ccc(CNc2ccc(SCCCO)cc2)o1. The molecule has 0 spiro atoms. The van der Waals surface area contributed by atoms with Gasteiger partial charge < -0.3 is 14.8 Å². The van der Waals surface area contributed by atoms with Crippen LogP contribution in [0.3, 0.4) is 0 Å². The van der Waals surface area contributed by atoms with Gasteiger partial charge in [-0.3, -0.25) is 0 Å². The molecule has 5 heteroatoms. The summed E-state index contributed by atoms with van der Waals surface area (Å²) >= 11 is 1.73. The van der Waals surface area contributed by atoms with Crippen molar-refractivity contribution in [2.75, 3.05) is 17.7 Å². The Morgan fingerprint density at radius 1 is 1.20 bits per heavy atom.